The minimum atomic E-state index is -0.158. The van der Waals surface area contributed by atoms with Crippen molar-refractivity contribution in [3.8, 4) is 0 Å². The Hall–Kier alpha value is -2.33. The molecule has 0 fully saturated rings. The van der Waals surface area contributed by atoms with E-state index in [9.17, 15) is 4.79 Å². The average Bonchev–Trinajstić information content (AvgIpc) is 3.07. The molecule has 0 N–H and O–H groups in total. The van der Waals surface area contributed by atoms with Crippen molar-refractivity contribution in [1.82, 2.24) is 4.98 Å². The fourth-order valence-electron chi connectivity index (χ4n) is 2.66. The van der Waals surface area contributed by atoms with Gasteiger partial charge in [0, 0.05) is 11.8 Å². The molecule has 2 aromatic carbocycles. The molecule has 102 valence electrons. The van der Waals surface area contributed by atoms with Gasteiger partial charge in [0.1, 0.15) is 0 Å². The van der Waals surface area contributed by atoms with E-state index in [2.05, 4.69) is 9.98 Å². The van der Waals surface area contributed by atoms with Gasteiger partial charge in [-0.15, -0.1) is 0 Å². The third-order valence-electron chi connectivity index (χ3n) is 3.71. The van der Waals surface area contributed by atoms with Crippen LogP contribution in [0.5, 0.6) is 0 Å². The van der Waals surface area contributed by atoms with Crippen molar-refractivity contribution in [2.75, 3.05) is 0 Å². The highest BCUT2D eigenvalue weighted by Gasteiger charge is 2.28. The SMILES string of the molecule is O=C1c2ccccc2CC1C=Nc1nc2ccccc2s1. The van der Waals surface area contributed by atoms with Gasteiger partial charge in [0.15, 0.2) is 5.78 Å². The predicted molar refractivity (Wildman–Crippen MR) is 85.7 cm³/mol. The summed E-state index contributed by atoms with van der Waals surface area (Å²) in [5, 5.41) is 0.708. The van der Waals surface area contributed by atoms with E-state index in [0.29, 0.717) is 5.13 Å². The number of fused-ring (bicyclic) bond motifs is 2. The Morgan fingerprint density at radius 1 is 1.14 bits per heavy atom. The van der Waals surface area contributed by atoms with Crippen molar-refractivity contribution in [2.45, 2.75) is 6.42 Å². The average molecular weight is 292 g/mol. The molecular weight excluding hydrogens is 280 g/mol. The minimum Gasteiger partial charge on any atom is -0.293 e. The maximum absolute atomic E-state index is 12.3. The van der Waals surface area contributed by atoms with Crippen molar-refractivity contribution in [2.24, 2.45) is 10.9 Å². The lowest BCUT2D eigenvalue weighted by Gasteiger charge is -1.97. The molecule has 0 bridgehead atoms. The molecule has 0 spiro atoms. The van der Waals surface area contributed by atoms with E-state index in [1.54, 1.807) is 17.6 Å². The molecule has 0 aliphatic heterocycles. The Kier molecular flexibility index (Phi) is 2.89. The Labute approximate surface area is 126 Å². The van der Waals surface area contributed by atoms with E-state index in [0.717, 1.165) is 27.8 Å². The fourth-order valence-corrected chi connectivity index (χ4v) is 3.48. The maximum atomic E-state index is 12.3. The van der Waals surface area contributed by atoms with Gasteiger partial charge in [-0.25, -0.2) is 9.98 Å². The number of ketones is 1. The van der Waals surface area contributed by atoms with Crippen molar-refractivity contribution in [1.29, 1.82) is 0 Å². The van der Waals surface area contributed by atoms with Gasteiger partial charge < -0.3 is 0 Å². The van der Waals surface area contributed by atoms with Crippen molar-refractivity contribution >= 4 is 38.7 Å². The summed E-state index contributed by atoms with van der Waals surface area (Å²) < 4.78 is 1.12. The van der Waals surface area contributed by atoms with Gasteiger partial charge in [0.2, 0.25) is 5.13 Å². The number of aromatic nitrogens is 1. The second kappa shape index (κ2) is 4.90. The smallest absolute Gasteiger partial charge is 0.209 e. The summed E-state index contributed by atoms with van der Waals surface area (Å²) in [6.07, 6.45) is 2.49. The van der Waals surface area contributed by atoms with Crippen LogP contribution >= 0.6 is 11.3 Å². The maximum Gasteiger partial charge on any atom is 0.209 e. The summed E-state index contributed by atoms with van der Waals surface area (Å²) in [4.78, 5) is 21.2. The number of para-hydroxylation sites is 1. The van der Waals surface area contributed by atoms with Gasteiger partial charge in [0.25, 0.3) is 0 Å². The lowest BCUT2D eigenvalue weighted by molar-refractivity contribution is 0.0970. The Morgan fingerprint density at radius 3 is 2.81 bits per heavy atom. The second-order valence-electron chi connectivity index (χ2n) is 5.07. The number of carbonyl (C=O) groups excluding carboxylic acids is 1. The monoisotopic (exact) mass is 292 g/mol. The van der Waals surface area contributed by atoms with Crippen LogP contribution in [0.2, 0.25) is 0 Å². The van der Waals surface area contributed by atoms with Crippen molar-refractivity contribution in [3.63, 3.8) is 0 Å². The third kappa shape index (κ3) is 2.17. The minimum absolute atomic E-state index is 0.158. The zero-order valence-corrected chi connectivity index (χ0v) is 12.0. The van der Waals surface area contributed by atoms with Crippen LogP contribution in [0, 0.1) is 5.92 Å². The van der Waals surface area contributed by atoms with Crippen LogP contribution in [0.4, 0.5) is 5.13 Å². The molecule has 0 radical (unpaired) electrons. The second-order valence-corrected chi connectivity index (χ2v) is 6.08. The van der Waals surface area contributed by atoms with E-state index in [1.165, 1.54) is 0 Å². The molecule has 1 aliphatic rings. The third-order valence-corrected chi connectivity index (χ3v) is 4.65. The normalized spacial score (nSPS) is 17.7. The van der Waals surface area contributed by atoms with E-state index in [1.807, 2.05) is 48.5 Å². The highest BCUT2D eigenvalue weighted by molar-refractivity contribution is 7.22. The van der Waals surface area contributed by atoms with E-state index in [-0.39, 0.29) is 11.7 Å². The lowest BCUT2D eigenvalue weighted by atomic mass is 10.1. The number of rotatable bonds is 2. The number of Topliss-reactive ketones (excluding diaryl/α,β-unsaturated/α-hetero) is 1. The largest absolute Gasteiger partial charge is 0.293 e. The molecule has 1 unspecified atom stereocenters. The summed E-state index contributed by atoms with van der Waals surface area (Å²) in [6.45, 7) is 0. The number of nitrogens with zero attached hydrogens (tertiary/aromatic N) is 2. The van der Waals surface area contributed by atoms with Crippen LogP contribution in [0.1, 0.15) is 15.9 Å². The highest BCUT2D eigenvalue weighted by atomic mass is 32.1. The summed E-state index contributed by atoms with van der Waals surface area (Å²) in [5.74, 6) is 0.00451. The van der Waals surface area contributed by atoms with Gasteiger partial charge in [-0.05, 0) is 24.1 Å². The van der Waals surface area contributed by atoms with E-state index in [4.69, 9.17) is 0 Å². The molecule has 1 aliphatic carbocycles. The van der Waals surface area contributed by atoms with Crippen molar-refractivity contribution in [3.05, 3.63) is 59.7 Å². The Balaban J connectivity index is 1.61. The van der Waals surface area contributed by atoms with Crippen LogP contribution in [0.15, 0.2) is 53.5 Å². The topological polar surface area (TPSA) is 42.3 Å². The van der Waals surface area contributed by atoms with Gasteiger partial charge in [-0.1, -0.05) is 47.7 Å². The van der Waals surface area contributed by atoms with E-state index < -0.39 is 0 Å². The first kappa shape index (κ1) is 12.4. The molecule has 3 nitrogen and oxygen atoms in total. The molecule has 21 heavy (non-hydrogen) atoms. The van der Waals surface area contributed by atoms with E-state index >= 15 is 0 Å². The number of thiazole rings is 1. The number of hydrogen-bond acceptors (Lipinski definition) is 4. The Bertz CT molecular complexity index is 833. The molecule has 4 heteroatoms. The van der Waals surface area contributed by atoms with Crippen LogP contribution in [0.25, 0.3) is 10.2 Å². The summed E-state index contributed by atoms with van der Waals surface area (Å²) in [5.41, 5.74) is 2.90. The number of carbonyl (C=O) groups is 1. The standard InChI is InChI=1S/C17H12N2OS/c20-16-12(9-11-5-1-2-6-13(11)16)10-18-17-19-14-7-3-4-8-15(14)21-17/h1-8,10,12H,9H2. The van der Waals surface area contributed by atoms with Crippen LogP contribution in [-0.4, -0.2) is 17.0 Å². The quantitative estimate of drug-likeness (QED) is 0.669. The molecular formula is C17H12N2OS. The first-order valence-corrected chi connectivity index (χ1v) is 7.65. The summed E-state index contributed by atoms with van der Waals surface area (Å²) >= 11 is 1.55. The molecule has 4 rings (SSSR count). The molecule has 0 saturated heterocycles. The molecule has 0 amide bonds. The van der Waals surface area contributed by atoms with Gasteiger partial charge in [-0.2, -0.15) is 0 Å². The van der Waals surface area contributed by atoms with Crippen LogP contribution in [0.3, 0.4) is 0 Å². The molecule has 3 aromatic rings. The Morgan fingerprint density at radius 2 is 1.95 bits per heavy atom. The zero-order valence-electron chi connectivity index (χ0n) is 11.2. The van der Waals surface area contributed by atoms with Gasteiger partial charge >= 0.3 is 0 Å². The molecule has 1 heterocycles. The number of benzene rings is 2. The van der Waals surface area contributed by atoms with Crippen LogP contribution in [-0.2, 0) is 6.42 Å². The van der Waals surface area contributed by atoms with Crippen LogP contribution < -0.4 is 0 Å². The first-order chi connectivity index (χ1) is 10.3. The fraction of sp³-hybridized carbons (Fsp3) is 0.118. The number of aliphatic imine (C=N–C) groups is 1. The molecule has 1 aromatic heterocycles. The molecule has 0 saturated carbocycles. The predicted octanol–water partition coefficient (Wildman–Crippen LogP) is 4.05. The highest BCUT2D eigenvalue weighted by Crippen LogP contribution is 2.29. The summed E-state index contributed by atoms with van der Waals surface area (Å²) in [7, 11) is 0. The molecule has 1 atom stereocenters. The number of hydrogen-bond donors (Lipinski definition) is 0. The first-order valence-electron chi connectivity index (χ1n) is 6.83. The summed E-state index contributed by atoms with van der Waals surface area (Å²) in [6, 6.07) is 15.7. The van der Waals surface area contributed by atoms with Gasteiger partial charge in [0.05, 0.1) is 16.1 Å². The van der Waals surface area contributed by atoms with Crippen molar-refractivity contribution < 1.29 is 4.79 Å². The van der Waals surface area contributed by atoms with Gasteiger partial charge in [-0.3, -0.25) is 4.79 Å². The lowest BCUT2D eigenvalue weighted by Crippen LogP contribution is -2.09. The zero-order chi connectivity index (χ0) is 14.2.